The number of ether oxygens (including phenoxy) is 1. The molecule has 0 aliphatic heterocycles. The van der Waals surface area contributed by atoms with Crippen LogP contribution in [0.5, 0.6) is 0 Å². The molecule has 0 bridgehead atoms. The van der Waals surface area contributed by atoms with E-state index in [-0.39, 0.29) is 12.0 Å². The number of nitrogens with two attached hydrogens (primary N) is 1. The third kappa shape index (κ3) is 3.55. The number of carbonyl (C=O) groups excluding carboxylic acids is 1. The van der Waals surface area contributed by atoms with Crippen LogP contribution in [0.4, 0.5) is 5.69 Å². The second kappa shape index (κ2) is 7.13. The molecule has 0 saturated carbocycles. The first-order valence-electron chi connectivity index (χ1n) is 6.22. The van der Waals surface area contributed by atoms with Gasteiger partial charge in [0.2, 0.25) is 5.91 Å². The molecule has 1 atom stereocenters. The molecular formula is C14H22N2O2. The summed E-state index contributed by atoms with van der Waals surface area (Å²) >= 11 is 0. The lowest BCUT2D eigenvalue weighted by Gasteiger charge is -2.24. The SMILES string of the molecule is CCN(C(=O)CC(CN)OC)c1ccccc1C. The average molecular weight is 250 g/mol. The standard InChI is InChI=1S/C14H22N2O2/c1-4-16(13-8-6-5-7-11(13)2)14(17)9-12(10-15)18-3/h5-8,12H,4,9-10,15H2,1-3H3. The Morgan fingerprint density at radius 2 is 2.11 bits per heavy atom. The molecule has 4 heteroatoms. The highest BCUT2D eigenvalue weighted by Crippen LogP contribution is 2.20. The Morgan fingerprint density at radius 3 is 2.61 bits per heavy atom. The van der Waals surface area contributed by atoms with Crippen molar-refractivity contribution < 1.29 is 9.53 Å². The van der Waals surface area contributed by atoms with Crippen LogP contribution in [0.1, 0.15) is 18.9 Å². The van der Waals surface area contributed by atoms with Gasteiger partial charge in [-0.2, -0.15) is 0 Å². The summed E-state index contributed by atoms with van der Waals surface area (Å²) < 4.78 is 5.16. The maximum atomic E-state index is 12.2. The molecule has 0 radical (unpaired) electrons. The minimum Gasteiger partial charge on any atom is -0.380 e. The van der Waals surface area contributed by atoms with E-state index in [2.05, 4.69) is 0 Å². The number of nitrogens with zero attached hydrogens (tertiary/aromatic N) is 1. The van der Waals surface area contributed by atoms with Gasteiger partial charge in [-0.25, -0.2) is 0 Å². The molecule has 0 fully saturated rings. The fourth-order valence-corrected chi connectivity index (χ4v) is 1.92. The van der Waals surface area contributed by atoms with Gasteiger partial charge in [0.25, 0.3) is 0 Å². The van der Waals surface area contributed by atoms with Gasteiger partial charge < -0.3 is 15.4 Å². The number of methoxy groups -OCH3 is 1. The molecule has 100 valence electrons. The van der Waals surface area contributed by atoms with E-state index < -0.39 is 0 Å². The summed E-state index contributed by atoms with van der Waals surface area (Å²) in [5.74, 6) is 0.0455. The minimum atomic E-state index is -0.212. The van der Waals surface area contributed by atoms with Crippen LogP contribution in [0.15, 0.2) is 24.3 Å². The van der Waals surface area contributed by atoms with E-state index in [4.69, 9.17) is 10.5 Å². The summed E-state index contributed by atoms with van der Waals surface area (Å²) in [6, 6.07) is 7.87. The lowest BCUT2D eigenvalue weighted by molar-refractivity contribution is -0.120. The molecule has 1 amide bonds. The second-order valence-electron chi connectivity index (χ2n) is 4.22. The lowest BCUT2D eigenvalue weighted by atomic mass is 10.1. The van der Waals surface area contributed by atoms with Gasteiger partial charge >= 0.3 is 0 Å². The quantitative estimate of drug-likeness (QED) is 0.836. The van der Waals surface area contributed by atoms with Crippen LogP contribution < -0.4 is 10.6 Å². The molecule has 0 spiro atoms. The summed E-state index contributed by atoms with van der Waals surface area (Å²) in [5.41, 5.74) is 7.59. The maximum absolute atomic E-state index is 12.2. The molecule has 0 aliphatic carbocycles. The summed E-state index contributed by atoms with van der Waals surface area (Å²) in [7, 11) is 1.58. The Hall–Kier alpha value is -1.39. The summed E-state index contributed by atoms with van der Waals surface area (Å²) in [6.45, 7) is 4.97. The molecule has 0 heterocycles. The van der Waals surface area contributed by atoms with E-state index in [1.54, 1.807) is 12.0 Å². The van der Waals surface area contributed by atoms with Gasteiger partial charge in [0.05, 0.1) is 12.5 Å². The Labute approximate surface area is 109 Å². The zero-order valence-electron chi connectivity index (χ0n) is 11.3. The van der Waals surface area contributed by atoms with Crippen molar-refractivity contribution in [3.63, 3.8) is 0 Å². The first-order valence-corrected chi connectivity index (χ1v) is 6.22. The van der Waals surface area contributed by atoms with Crippen molar-refractivity contribution in [3.8, 4) is 0 Å². The molecule has 1 unspecified atom stereocenters. The first kappa shape index (κ1) is 14.7. The van der Waals surface area contributed by atoms with Gasteiger partial charge in [0.15, 0.2) is 0 Å². The van der Waals surface area contributed by atoms with Crippen LogP contribution >= 0.6 is 0 Å². The van der Waals surface area contributed by atoms with Crippen LogP contribution in [-0.2, 0) is 9.53 Å². The fraction of sp³-hybridized carbons (Fsp3) is 0.500. The Bertz CT molecular complexity index is 389. The van der Waals surface area contributed by atoms with Crippen LogP contribution in [-0.4, -0.2) is 32.2 Å². The Balaban J connectivity index is 2.84. The summed E-state index contributed by atoms with van der Waals surface area (Å²) in [5, 5.41) is 0. The Morgan fingerprint density at radius 1 is 1.44 bits per heavy atom. The summed E-state index contributed by atoms with van der Waals surface area (Å²) in [4.78, 5) is 14.0. The minimum absolute atomic E-state index is 0.0455. The van der Waals surface area contributed by atoms with Gasteiger partial charge in [-0.05, 0) is 25.5 Å². The number of aryl methyl sites for hydroxylation is 1. The molecule has 18 heavy (non-hydrogen) atoms. The van der Waals surface area contributed by atoms with E-state index in [0.717, 1.165) is 11.3 Å². The number of benzene rings is 1. The van der Waals surface area contributed by atoms with Gasteiger partial charge in [-0.3, -0.25) is 4.79 Å². The topological polar surface area (TPSA) is 55.6 Å². The molecule has 1 aromatic carbocycles. The third-order valence-electron chi connectivity index (χ3n) is 3.02. The number of carbonyl (C=O) groups is 1. The average Bonchev–Trinajstić information content (AvgIpc) is 2.39. The highest BCUT2D eigenvalue weighted by atomic mass is 16.5. The van der Waals surface area contributed by atoms with Gasteiger partial charge in [0.1, 0.15) is 0 Å². The van der Waals surface area contributed by atoms with Crippen molar-refractivity contribution in [1.82, 2.24) is 0 Å². The number of anilines is 1. The monoisotopic (exact) mass is 250 g/mol. The maximum Gasteiger partial charge on any atom is 0.229 e. The van der Waals surface area contributed by atoms with Crippen LogP contribution in [0, 0.1) is 6.92 Å². The molecule has 1 aromatic rings. The number of amides is 1. The number of hydrogen-bond acceptors (Lipinski definition) is 3. The fourth-order valence-electron chi connectivity index (χ4n) is 1.92. The van der Waals surface area contributed by atoms with Crippen LogP contribution in [0.25, 0.3) is 0 Å². The van der Waals surface area contributed by atoms with E-state index in [0.29, 0.717) is 19.5 Å². The van der Waals surface area contributed by atoms with Crippen LogP contribution in [0.3, 0.4) is 0 Å². The number of rotatable bonds is 6. The lowest BCUT2D eigenvalue weighted by Crippen LogP contribution is -2.36. The van der Waals surface area contributed by atoms with Crippen molar-refractivity contribution in [2.45, 2.75) is 26.4 Å². The largest absolute Gasteiger partial charge is 0.380 e. The molecule has 4 nitrogen and oxygen atoms in total. The van der Waals surface area contributed by atoms with Gasteiger partial charge in [-0.1, -0.05) is 18.2 Å². The van der Waals surface area contributed by atoms with Crippen molar-refractivity contribution in [2.24, 2.45) is 5.73 Å². The second-order valence-corrected chi connectivity index (χ2v) is 4.22. The number of hydrogen-bond donors (Lipinski definition) is 1. The molecule has 0 aromatic heterocycles. The van der Waals surface area contributed by atoms with Crippen molar-refractivity contribution in [2.75, 3.05) is 25.1 Å². The molecule has 0 aliphatic rings. The normalized spacial score (nSPS) is 12.2. The van der Waals surface area contributed by atoms with E-state index in [1.165, 1.54) is 0 Å². The third-order valence-corrected chi connectivity index (χ3v) is 3.02. The highest BCUT2D eigenvalue weighted by Gasteiger charge is 2.19. The van der Waals surface area contributed by atoms with E-state index in [1.807, 2.05) is 38.1 Å². The van der Waals surface area contributed by atoms with Gasteiger partial charge in [-0.15, -0.1) is 0 Å². The zero-order valence-corrected chi connectivity index (χ0v) is 11.3. The van der Waals surface area contributed by atoms with Crippen molar-refractivity contribution in [3.05, 3.63) is 29.8 Å². The van der Waals surface area contributed by atoms with E-state index >= 15 is 0 Å². The first-order chi connectivity index (χ1) is 8.63. The molecular weight excluding hydrogens is 228 g/mol. The molecule has 0 saturated heterocycles. The molecule has 1 rings (SSSR count). The number of para-hydroxylation sites is 1. The van der Waals surface area contributed by atoms with E-state index in [9.17, 15) is 4.79 Å². The Kier molecular flexibility index (Phi) is 5.82. The van der Waals surface area contributed by atoms with Crippen molar-refractivity contribution >= 4 is 11.6 Å². The predicted octanol–water partition coefficient (Wildman–Crippen LogP) is 1.71. The van der Waals surface area contributed by atoms with Gasteiger partial charge in [0, 0.05) is 25.9 Å². The molecule has 2 N–H and O–H groups in total. The zero-order chi connectivity index (χ0) is 13.5. The van der Waals surface area contributed by atoms with Crippen molar-refractivity contribution in [1.29, 1.82) is 0 Å². The smallest absolute Gasteiger partial charge is 0.229 e. The predicted molar refractivity (Wildman–Crippen MR) is 73.7 cm³/mol. The summed E-state index contributed by atoms with van der Waals surface area (Å²) in [6.07, 6.45) is 0.102. The highest BCUT2D eigenvalue weighted by molar-refractivity contribution is 5.94. The van der Waals surface area contributed by atoms with Crippen LogP contribution in [0.2, 0.25) is 0 Å².